The van der Waals surface area contributed by atoms with Crippen molar-refractivity contribution in [3.63, 3.8) is 0 Å². The molecule has 0 amide bonds. The molecule has 0 unspecified atom stereocenters. The molecule has 0 aliphatic rings. The van der Waals surface area contributed by atoms with Gasteiger partial charge in [0, 0.05) is 12.8 Å². The second kappa shape index (κ2) is 7.47. The van der Waals surface area contributed by atoms with Crippen LogP contribution in [0.4, 0.5) is 0 Å². The van der Waals surface area contributed by atoms with E-state index in [9.17, 15) is 9.59 Å². The fourth-order valence-corrected chi connectivity index (χ4v) is 0.870. The fourth-order valence-electron chi connectivity index (χ4n) is 0.870. The first-order valence-electron chi connectivity index (χ1n) is 4.51. The molecule has 0 heterocycles. The lowest BCUT2D eigenvalue weighted by Crippen LogP contribution is -2.05. The van der Waals surface area contributed by atoms with E-state index in [1.165, 1.54) is 0 Å². The van der Waals surface area contributed by atoms with Crippen LogP contribution in [0.3, 0.4) is 0 Å². The molecule has 0 N–H and O–H groups in total. The molecular weight excluding hydrogens is 164 g/mol. The minimum absolute atomic E-state index is 0.0256. The SMILES string of the molecule is C=CC=CCCC(=O)CC(=O)CC. The third-order valence-electron chi connectivity index (χ3n) is 1.65. The van der Waals surface area contributed by atoms with Crippen LogP contribution in [-0.4, -0.2) is 11.6 Å². The van der Waals surface area contributed by atoms with Crippen LogP contribution in [0.5, 0.6) is 0 Å². The lowest BCUT2D eigenvalue weighted by atomic mass is 10.1. The number of carbonyl (C=O) groups excluding carboxylic acids is 2. The highest BCUT2D eigenvalue weighted by molar-refractivity contribution is 5.98. The van der Waals surface area contributed by atoms with Gasteiger partial charge in [-0.25, -0.2) is 0 Å². The van der Waals surface area contributed by atoms with E-state index >= 15 is 0 Å². The van der Waals surface area contributed by atoms with Gasteiger partial charge in [-0.1, -0.05) is 31.7 Å². The van der Waals surface area contributed by atoms with Crippen LogP contribution in [0.1, 0.15) is 32.6 Å². The summed E-state index contributed by atoms with van der Waals surface area (Å²) in [6, 6.07) is 0. The van der Waals surface area contributed by atoms with Gasteiger partial charge in [0.1, 0.15) is 11.6 Å². The molecule has 0 atom stereocenters. The van der Waals surface area contributed by atoms with Crippen molar-refractivity contribution >= 4 is 11.6 Å². The molecule has 13 heavy (non-hydrogen) atoms. The van der Waals surface area contributed by atoms with E-state index < -0.39 is 0 Å². The normalized spacial score (nSPS) is 10.2. The summed E-state index contributed by atoms with van der Waals surface area (Å²) in [6.07, 6.45) is 7.04. The van der Waals surface area contributed by atoms with Gasteiger partial charge in [-0.05, 0) is 6.42 Å². The molecule has 0 spiro atoms. The summed E-state index contributed by atoms with van der Waals surface area (Å²) in [4.78, 5) is 22.0. The van der Waals surface area contributed by atoms with Gasteiger partial charge in [0.05, 0.1) is 6.42 Å². The summed E-state index contributed by atoms with van der Waals surface area (Å²) < 4.78 is 0. The smallest absolute Gasteiger partial charge is 0.140 e. The average molecular weight is 180 g/mol. The molecule has 0 bridgehead atoms. The molecule has 0 saturated heterocycles. The number of hydrogen-bond donors (Lipinski definition) is 0. The first kappa shape index (κ1) is 11.8. The molecule has 0 aromatic carbocycles. The van der Waals surface area contributed by atoms with Crippen LogP contribution in [0, 0.1) is 0 Å². The van der Waals surface area contributed by atoms with Gasteiger partial charge in [0.25, 0.3) is 0 Å². The van der Waals surface area contributed by atoms with Gasteiger partial charge in [-0.3, -0.25) is 9.59 Å². The van der Waals surface area contributed by atoms with E-state index in [2.05, 4.69) is 6.58 Å². The quantitative estimate of drug-likeness (QED) is 0.445. The van der Waals surface area contributed by atoms with E-state index in [-0.39, 0.29) is 18.0 Å². The predicted molar refractivity (Wildman–Crippen MR) is 53.5 cm³/mol. The maximum atomic E-state index is 11.1. The number of Topliss-reactive ketones (excluding diaryl/α,β-unsaturated/α-hetero) is 2. The number of rotatable bonds is 7. The maximum Gasteiger partial charge on any atom is 0.140 e. The minimum Gasteiger partial charge on any atom is -0.299 e. The Bertz CT molecular complexity index is 214. The zero-order valence-corrected chi connectivity index (χ0v) is 8.08. The monoisotopic (exact) mass is 180 g/mol. The lowest BCUT2D eigenvalue weighted by molar-refractivity contribution is -0.126. The number of hydrogen-bond acceptors (Lipinski definition) is 2. The Balaban J connectivity index is 3.57. The van der Waals surface area contributed by atoms with Crippen molar-refractivity contribution in [1.82, 2.24) is 0 Å². The predicted octanol–water partition coefficient (Wildman–Crippen LogP) is 2.45. The summed E-state index contributed by atoms with van der Waals surface area (Å²) in [7, 11) is 0. The summed E-state index contributed by atoms with van der Waals surface area (Å²) >= 11 is 0. The van der Waals surface area contributed by atoms with Crippen molar-refractivity contribution in [2.75, 3.05) is 0 Å². The second-order valence-corrected chi connectivity index (χ2v) is 2.81. The maximum absolute atomic E-state index is 11.1. The van der Waals surface area contributed by atoms with E-state index in [1.54, 1.807) is 19.1 Å². The Morgan fingerprint density at radius 1 is 1.31 bits per heavy atom. The Hall–Kier alpha value is -1.18. The highest BCUT2D eigenvalue weighted by atomic mass is 16.1. The lowest BCUT2D eigenvalue weighted by Gasteiger charge is -1.95. The molecule has 0 radical (unpaired) electrons. The molecule has 2 nitrogen and oxygen atoms in total. The van der Waals surface area contributed by atoms with Crippen molar-refractivity contribution in [2.45, 2.75) is 32.6 Å². The van der Waals surface area contributed by atoms with Crippen LogP contribution in [-0.2, 0) is 9.59 Å². The summed E-state index contributed by atoms with van der Waals surface area (Å²) in [5.41, 5.74) is 0. The van der Waals surface area contributed by atoms with Crippen molar-refractivity contribution in [2.24, 2.45) is 0 Å². The topological polar surface area (TPSA) is 34.1 Å². The van der Waals surface area contributed by atoms with Crippen molar-refractivity contribution in [3.05, 3.63) is 24.8 Å². The van der Waals surface area contributed by atoms with E-state index in [0.717, 1.165) is 0 Å². The zero-order valence-electron chi connectivity index (χ0n) is 8.08. The van der Waals surface area contributed by atoms with Gasteiger partial charge >= 0.3 is 0 Å². The van der Waals surface area contributed by atoms with Crippen molar-refractivity contribution < 1.29 is 9.59 Å². The zero-order chi connectivity index (χ0) is 10.1. The highest BCUT2D eigenvalue weighted by Crippen LogP contribution is 1.99. The molecular formula is C11H16O2. The Morgan fingerprint density at radius 3 is 2.54 bits per heavy atom. The average Bonchev–Trinajstić information content (AvgIpc) is 2.12. The molecule has 0 aromatic rings. The standard InChI is InChI=1S/C11H16O2/c1-3-5-6-7-8-11(13)9-10(12)4-2/h3,5-6H,1,4,7-9H2,2H3. The largest absolute Gasteiger partial charge is 0.299 e. The number of allylic oxidation sites excluding steroid dienone is 3. The van der Waals surface area contributed by atoms with Gasteiger partial charge in [0.15, 0.2) is 0 Å². The first-order chi connectivity index (χ1) is 6.20. The summed E-state index contributed by atoms with van der Waals surface area (Å²) in [5.74, 6) is 0.0539. The Kier molecular flexibility index (Phi) is 6.79. The molecule has 2 heteroatoms. The van der Waals surface area contributed by atoms with Crippen LogP contribution in [0.2, 0.25) is 0 Å². The van der Waals surface area contributed by atoms with Gasteiger partial charge in [-0.15, -0.1) is 0 Å². The molecule has 0 aliphatic carbocycles. The Morgan fingerprint density at radius 2 is 2.00 bits per heavy atom. The van der Waals surface area contributed by atoms with Crippen LogP contribution < -0.4 is 0 Å². The van der Waals surface area contributed by atoms with Crippen molar-refractivity contribution in [3.8, 4) is 0 Å². The molecule has 0 rings (SSSR count). The Labute approximate surface area is 79.3 Å². The van der Waals surface area contributed by atoms with E-state index in [4.69, 9.17) is 0 Å². The minimum atomic E-state index is 0.0256. The molecule has 0 fully saturated rings. The summed E-state index contributed by atoms with van der Waals surface area (Å²) in [5, 5.41) is 0. The molecule has 0 aliphatic heterocycles. The third kappa shape index (κ3) is 7.19. The second-order valence-electron chi connectivity index (χ2n) is 2.81. The summed E-state index contributed by atoms with van der Waals surface area (Å²) in [6.45, 7) is 5.28. The number of ketones is 2. The van der Waals surface area contributed by atoms with Gasteiger partial charge in [0.2, 0.25) is 0 Å². The number of carbonyl (C=O) groups is 2. The molecule has 72 valence electrons. The first-order valence-corrected chi connectivity index (χ1v) is 4.51. The van der Waals surface area contributed by atoms with Crippen LogP contribution in [0.15, 0.2) is 24.8 Å². The highest BCUT2D eigenvalue weighted by Gasteiger charge is 2.05. The van der Waals surface area contributed by atoms with E-state index in [1.807, 2.05) is 6.08 Å². The van der Waals surface area contributed by atoms with Crippen molar-refractivity contribution in [1.29, 1.82) is 0 Å². The molecule has 0 aromatic heterocycles. The van der Waals surface area contributed by atoms with Gasteiger partial charge < -0.3 is 0 Å². The van der Waals surface area contributed by atoms with Gasteiger partial charge in [-0.2, -0.15) is 0 Å². The van der Waals surface area contributed by atoms with E-state index in [0.29, 0.717) is 19.3 Å². The third-order valence-corrected chi connectivity index (χ3v) is 1.65. The van der Waals surface area contributed by atoms with Crippen LogP contribution >= 0.6 is 0 Å². The van der Waals surface area contributed by atoms with Crippen LogP contribution in [0.25, 0.3) is 0 Å². The fraction of sp³-hybridized carbons (Fsp3) is 0.455. The molecule has 0 saturated carbocycles.